The number of carbonyl (C=O) groups excluding carboxylic acids is 4. The standard InChI is InChI=1S/C23H40N2O7/c1-20(2,3)31-17(27)22(7,8)23(24,18(28)32-21(4,5)6)16(26)25(19(29)30-9)15-13-11-10-12-14-15/h15H,10-14,24H2,1-9H3. The fourth-order valence-electron chi connectivity index (χ4n) is 3.56. The van der Waals surface area contributed by atoms with Crippen LogP contribution in [0, 0.1) is 5.41 Å². The van der Waals surface area contributed by atoms with Gasteiger partial charge in [-0.1, -0.05) is 19.3 Å². The molecular formula is C23H40N2O7. The maximum absolute atomic E-state index is 13.9. The van der Waals surface area contributed by atoms with Crippen molar-refractivity contribution < 1.29 is 33.4 Å². The van der Waals surface area contributed by atoms with Crippen LogP contribution in [-0.4, -0.2) is 58.7 Å². The third-order valence-corrected chi connectivity index (χ3v) is 5.48. The molecule has 184 valence electrons. The van der Waals surface area contributed by atoms with E-state index in [1.54, 1.807) is 41.5 Å². The van der Waals surface area contributed by atoms with Gasteiger partial charge in [-0.25, -0.2) is 14.5 Å². The molecule has 0 aromatic rings. The molecule has 1 aliphatic rings. The molecule has 9 heteroatoms. The van der Waals surface area contributed by atoms with Gasteiger partial charge in [0.2, 0.25) is 5.54 Å². The third-order valence-electron chi connectivity index (χ3n) is 5.48. The maximum Gasteiger partial charge on any atom is 0.416 e. The van der Waals surface area contributed by atoms with E-state index in [2.05, 4.69) is 0 Å². The number of amides is 2. The van der Waals surface area contributed by atoms with E-state index >= 15 is 0 Å². The van der Waals surface area contributed by atoms with Crippen molar-refractivity contribution in [3.05, 3.63) is 0 Å². The molecule has 2 N–H and O–H groups in total. The Morgan fingerprint density at radius 3 is 1.62 bits per heavy atom. The van der Waals surface area contributed by atoms with Crippen LogP contribution in [0.5, 0.6) is 0 Å². The number of hydrogen-bond donors (Lipinski definition) is 1. The number of imide groups is 1. The van der Waals surface area contributed by atoms with Gasteiger partial charge in [0.25, 0.3) is 5.91 Å². The van der Waals surface area contributed by atoms with E-state index in [0.29, 0.717) is 12.8 Å². The van der Waals surface area contributed by atoms with Crippen LogP contribution in [0.25, 0.3) is 0 Å². The van der Waals surface area contributed by atoms with E-state index in [0.717, 1.165) is 31.3 Å². The van der Waals surface area contributed by atoms with Gasteiger partial charge in [0.1, 0.15) is 16.6 Å². The number of ether oxygens (including phenoxy) is 3. The zero-order valence-electron chi connectivity index (χ0n) is 21.0. The zero-order valence-corrected chi connectivity index (χ0v) is 21.0. The minimum atomic E-state index is -2.53. The average Bonchev–Trinajstić information content (AvgIpc) is 2.65. The van der Waals surface area contributed by atoms with Gasteiger partial charge in [-0.15, -0.1) is 0 Å². The van der Waals surface area contributed by atoms with Crippen LogP contribution in [0.4, 0.5) is 4.79 Å². The smallest absolute Gasteiger partial charge is 0.416 e. The predicted octanol–water partition coefficient (Wildman–Crippen LogP) is 3.32. The molecule has 1 fully saturated rings. The number of hydrogen-bond acceptors (Lipinski definition) is 8. The van der Waals surface area contributed by atoms with Crippen molar-refractivity contribution in [1.82, 2.24) is 4.90 Å². The summed E-state index contributed by atoms with van der Waals surface area (Å²) < 4.78 is 15.8. The van der Waals surface area contributed by atoms with Gasteiger partial charge in [-0.2, -0.15) is 0 Å². The molecule has 9 nitrogen and oxygen atoms in total. The fraction of sp³-hybridized carbons (Fsp3) is 0.826. The van der Waals surface area contributed by atoms with E-state index < -0.39 is 52.1 Å². The monoisotopic (exact) mass is 456 g/mol. The van der Waals surface area contributed by atoms with Crippen molar-refractivity contribution in [2.75, 3.05) is 7.11 Å². The van der Waals surface area contributed by atoms with Gasteiger partial charge < -0.3 is 19.9 Å². The Morgan fingerprint density at radius 1 is 0.781 bits per heavy atom. The molecule has 0 bridgehead atoms. The highest BCUT2D eigenvalue weighted by molar-refractivity contribution is 6.15. The van der Waals surface area contributed by atoms with Gasteiger partial charge in [-0.05, 0) is 68.2 Å². The second kappa shape index (κ2) is 9.77. The van der Waals surface area contributed by atoms with Crippen molar-refractivity contribution in [3.8, 4) is 0 Å². The first-order valence-corrected chi connectivity index (χ1v) is 11.1. The van der Waals surface area contributed by atoms with Crippen LogP contribution >= 0.6 is 0 Å². The molecule has 1 aliphatic carbocycles. The van der Waals surface area contributed by atoms with Crippen LogP contribution < -0.4 is 5.73 Å². The molecule has 1 saturated carbocycles. The first-order chi connectivity index (χ1) is 14.4. The molecular weight excluding hydrogens is 416 g/mol. The Morgan fingerprint density at radius 2 is 1.22 bits per heavy atom. The second-order valence-corrected chi connectivity index (χ2v) is 10.9. The summed E-state index contributed by atoms with van der Waals surface area (Å²) in [5, 5.41) is 0. The first-order valence-electron chi connectivity index (χ1n) is 11.1. The SMILES string of the molecule is COC(=O)N(C(=O)C(N)(C(=O)OC(C)(C)C)C(C)(C)C(=O)OC(C)(C)C)C1CCCCC1. The molecule has 0 aromatic carbocycles. The summed E-state index contributed by atoms with van der Waals surface area (Å²) in [4.78, 5) is 54.0. The number of nitrogens with zero attached hydrogens (tertiary/aromatic N) is 1. The van der Waals surface area contributed by atoms with Gasteiger partial charge in [0.15, 0.2) is 0 Å². The number of methoxy groups -OCH3 is 1. The first kappa shape index (κ1) is 27.9. The molecule has 0 saturated heterocycles. The Labute approximate surface area is 191 Å². The fourth-order valence-corrected chi connectivity index (χ4v) is 3.56. The lowest BCUT2D eigenvalue weighted by atomic mass is 9.71. The van der Waals surface area contributed by atoms with E-state index in [1.165, 1.54) is 13.8 Å². The summed E-state index contributed by atoms with van der Waals surface area (Å²) in [7, 11) is 1.15. The van der Waals surface area contributed by atoms with Crippen LogP contribution in [0.3, 0.4) is 0 Å². The molecule has 0 radical (unpaired) electrons. The summed E-state index contributed by atoms with van der Waals surface area (Å²) in [6, 6.07) is -0.497. The van der Waals surface area contributed by atoms with Gasteiger partial charge >= 0.3 is 18.0 Å². The van der Waals surface area contributed by atoms with Crippen LogP contribution in [-0.2, 0) is 28.6 Å². The summed E-state index contributed by atoms with van der Waals surface area (Å²) in [6.45, 7) is 12.5. The lowest BCUT2D eigenvalue weighted by Gasteiger charge is -2.44. The summed E-state index contributed by atoms with van der Waals surface area (Å²) in [5.74, 6) is -3.02. The average molecular weight is 457 g/mol. The number of rotatable bonds is 5. The number of nitrogens with two attached hydrogens (primary N) is 1. The van der Waals surface area contributed by atoms with Crippen molar-refractivity contribution in [3.63, 3.8) is 0 Å². The Hall–Kier alpha value is -2.16. The highest BCUT2D eigenvalue weighted by Crippen LogP contribution is 2.37. The Kier molecular flexibility index (Phi) is 8.51. The molecule has 0 aromatic heterocycles. The third kappa shape index (κ3) is 6.21. The van der Waals surface area contributed by atoms with Gasteiger partial charge in [0, 0.05) is 6.04 Å². The van der Waals surface area contributed by atoms with Crippen molar-refractivity contribution in [2.24, 2.45) is 11.1 Å². The molecule has 2 amide bonds. The minimum absolute atomic E-state index is 0.497. The van der Waals surface area contributed by atoms with Gasteiger partial charge in [0.05, 0.1) is 7.11 Å². The maximum atomic E-state index is 13.9. The topological polar surface area (TPSA) is 125 Å². The summed E-state index contributed by atoms with van der Waals surface area (Å²) in [6.07, 6.45) is 2.77. The quantitative estimate of drug-likeness (QED) is 0.379. The highest BCUT2D eigenvalue weighted by atomic mass is 16.6. The van der Waals surface area contributed by atoms with Crippen LogP contribution in [0.2, 0.25) is 0 Å². The van der Waals surface area contributed by atoms with E-state index in [-0.39, 0.29) is 0 Å². The Balaban J connectivity index is 3.61. The van der Waals surface area contributed by atoms with Crippen LogP contribution in [0.15, 0.2) is 0 Å². The van der Waals surface area contributed by atoms with E-state index in [9.17, 15) is 19.2 Å². The van der Waals surface area contributed by atoms with Crippen molar-refractivity contribution >= 4 is 23.9 Å². The van der Waals surface area contributed by atoms with Crippen molar-refractivity contribution in [2.45, 2.75) is 110 Å². The molecule has 0 aliphatic heterocycles. The lowest BCUT2D eigenvalue weighted by molar-refractivity contribution is -0.186. The molecule has 1 unspecified atom stereocenters. The minimum Gasteiger partial charge on any atom is -0.459 e. The predicted molar refractivity (Wildman–Crippen MR) is 119 cm³/mol. The molecule has 1 rings (SSSR count). The molecule has 0 spiro atoms. The van der Waals surface area contributed by atoms with E-state index in [1.807, 2.05) is 0 Å². The van der Waals surface area contributed by atoms with Gasteiger partial charge in [-0.3, -0.25) is 9.59 Å². The zero-order chi connectivity index (χ0) is 25.1. The highest BCUT2D eigenvalue weighted by Gasteiger charge is 2.63. The largest absolute Gasteiger partial charge is 0.459 e. The summed E-state index contributed by atoms with van der Waals surface area (Å²) >= 11 is 0. The molecule has 1 atom stereocenters. The van der Waals surface area contributed by atoms with Crippen molar-refractivity contribution in [1.29, 1.82) is 0 Å². The lowest BCUT2D eigenvalue weighted by Crippen LogP contribution is -2.73. The van der Waals surface area contributed by atoms with Crippen LogP contribution in [0.1, 0.15) is 87.5 Å². The molecule has 32 heavy (non-hydrogen) atoms. The Bertz CT molecular complexity index is 728. The number of esters is 2. The molecule has 0 heterocycles. The normalized spacial score (nSPS) is 17.7. The second-order valence-electron chi connectivity index (χ2n) is 10.9. The summed E-state index contributed by atoms with van der Waals surface area (Å²) in [5.41, 5.74) is 0.237. The van der Waals surface area contributed by atoms with E-state index in [4.69, 9.17) is 19.9 Å². The number of carbonyl (C=O) groups is 4.